The molecule has 1 heterocycles. The number of nitrogen functional groups attached to an aromatic ring is 1. The first-order valence-corrected chi connectivity index (χ1v) is 6.03. The molecule has 5 N–H and O–H groups in total. The molecule has 0 bridgehead atoms. The number of benzene rings is 1. The van der Waals surface area contributed by atoms with Crippen molar-refractivity contribution in [1.29, 1.82) is 0 Å². The number of amides is 1. The van der Waals surface area contributed by atoms with Crippen LogP contribution in [0.4, 0.5) is 11.5 Å². The molecular formula is C14H16N4O2. The SMILES string of the molecule is COc1ccc(CNc2cccc(C(N)=O)n2)cc1N. The number of anilines is 2. The molecule has 1 aromatic carbocycles. The maximum Gasteiger partial charge on any atom is 0.267 e. The van der Waals surface area contributed by atoms with Crippen molar-refractivity contribution >= 4 is 17.4 Å². The van der Waals surface area contributed by atoms with Crippen LogP contribution in [0.5, 0.6) is 5.75 Å². The van der Waals surface area contributed by atoms with E-state index < -0.39 is 5.91 Å². The molecule has 1 aromatic heterocycles. The van der Waals surface area contributed by atoms with E-state index in [2.05, 4.69) is 10.3 Å². The molecule has 0 unspecified atom stereocenters. The number of carbonyl (C=O) groups excluding carboxylic acids is 1. The summed E-state index contributed by atoms with van der Waals surface area (Å²) in [5.41, 5.74) is 12.8. The lowest BCUT2D eigenvalue weighted by atomic mass is 10.2. The number of hydrogen-bond donors (Lipinski definition) is 3. The van der Waals surface area contributed by atoms with Crippen molar-refractivity contribution in [3.63, 3.8) is 0 Å². The van der Waals surface area contributed by atoms with E-state index in [9.17, 15) is 4.79 Å². The molecule has 0 aliphatic carbocycles. The van der Waals surface area contributed by atoms with E-state index in [0.717, 1.165) is 5.56 Å². The number of pyridine rings is 1. The van der Waals surface area contributed by atoms with E-state index >= 15 is 0 Å². The Morgan fingerprint density at radius 1 is 1.35 bits per heavy atom. The lowest BCUT2D eigenvalue weighted by Crippen LogP contribution is -2.14. The van der Waals surface area contributed by atoms with E-state index in [4.69, 9.17) is 16.2 Å². The van der Waals surface area contributed by atoms with E-state index in [0.29, 0.717) is 23.8 Å². The second-order valence-electron chi connectivity index (χ2n) is 4.20. The normalized spacial score (nSPS) is 10.1. The summed E-state index contributed by atoms with van der Waals surface area (Å²) in [4.78, 5) is 15.1. The zero-order valence-corrected chi connectivity index (χ0v) is 11.1. The summed E-state index contributed by atoms with van der Waals surface area (Å²) in [5.74, 6) is 0.667. The van der Waals surface area contributed by atoms with Gasteiger partial charge in [-0.15, -0.1) is 0 Å². The van der Waals surface area contributed by atoms with Crippen molar-refractivity contribution < 1.29 is 9.53 Å². The standard InChI is InChI=1S/C14H16N4O2/c1-20-12-6-5-9(7-10(12)15)8-17-13-4-2-3-11(18-13)14(16)19/h2-7H,8,15H2,1H3,(H2,16,19)(H,17,18). The Labute approximate surface area is 116 Å². The number of hydrogen-bond acceptors (Lipinski definition) is 5. The van der Waals surface area contributed by atoms with Crippen molar-refractivity contribution in [3.8, 4) is 5.75 Å². The Bertz CT molecular complexity index is 628. The molecule has 0 saturated carbocycles. The molecule has 2 rings (SSSR count). The third-order valence-corrected chi connectivity index (χ3v) is 2.77. The average Bonchev–Trinajstić information content (AvgIpc) is 2.45. The van der Waals surface area contributed by atoms with Crippen LogP contribution < -0.4 is 21.5 Å². The van der Waals surface area contributed by atoms with Crippen molar-refractivity contribution in [3.05, 3.63) is 47.7 Å². The smallest absolute Gasteiger partial charge is 0.267 e. The lowest BCUT2D eigenvalue weighted by Gasteiger charge is -2.09. The summed E-state index contributed by atoms with van der Waals surface area (Å²) in [6.45, 7) is 0.531. The van der Waals surface area contributed by atoms with Crippen LogP contribution in [0.2, 0.25) is 0 Å². The Hall–Kier alpha value is -2.76. The Balaban J connectivity index is 2.07. The van der Waals surface area contributed by atoms with Gasteiger partial charge in [-0.1, -0.05) is 12.1 Å². The second-order valence-corrected chi connectivity index (χ2v) is 4.20. The van der Waals surface area contributed by atoms with Gasteiger partial charge in [-0.2, -0.15) is 0 Å². The first-order chi connectivity index (χ1) is 9.60. The van der Waals surface area contributed by atoms with Crippen LogP contribution in [-0.4, -0.2) is 18.0 Å². The maximum atomic E-state index is 11.0. The van der Waals surface area contributed by atoms with Gasteiger partial charge in [-0.25, -0.2) is 4.98 Å². The van der Waals surface area contributed by atoms with Crippen molar-refractivity contribution in [1.82, 2.24) is 4.98 Å². The number of primary amides is 1. The molecular weight excluding hydrogens is 256 g/mol. The number of nitrogens with two attached hydrogens (primary N) is 2. The summed E-state index contributed by atoms with van der Waals surface area (Å²) < 4.78 is 5.10. The number of carbonyl (C=O) groups is 1. The van der Waals surface area contributed by atoms with Crippen molar-refractivity contribution in [2.24, 2.45) is 5.73 Å². The molecule has 0 spiro atoms. The van der Waals surface area contributed by atoms with E-state index in [-0.39, 0.29) is 5.69 Å². The van der Waals surface area contributed by atoms with Gasteiger partial charge in [0.25, 0.3) is 5.91 Å². The lowest BCUT2D eigenvalue weighted by molar-refractivity contribution is 0.0995. The monoisotopic (exact) mass is 272 g/mol. The predicted molar refractivity (Wildman–Crippen MR) is 77.5 cm³/mol. The maximum absolute atomic E-state index is 11.0. The molecule has 0 atom stereocenters. The van der Waals surface area contributed by atoms with Crippen LogP contribution in [0.15, 0.2) is 36.4 Å². The number of rotatable bonds is 5. The summed E-state index contributed by atoms with van der Waals surface area (Å²) in [7, 11) is 1.57. The summed E-state index contributed by atoms with van der Waals surface area (Å²) in [5, 5.41) is 3.11. The highest BCUT2D eigenvalue weighted by atomic mass is 16.5. The number of nitrogens with one attached hydrogen (secondary N) is 1. The van der Waals surface area contributed by atoms with Gasteiger partial charge in [0.1, 0.15) is 17.3 Å². The minimum atomic E-state index is -0.553. The van der Waals surface area contributed by atoms with Gasteiger partial charge in [-0.05, 0) is 29.8 Å². The van der Waals surface area contributed by atoms with Crippen molar-refractivity contribution in [2.45, 2.75) is 6.54 Å². The van der Waals surface area contributed by atoms with Gasteiger partial charge in [0.05, 0.1) is 12.8 Å². The van der Waals surface area contributed by atoms with Crippen LogP contribution in [0, 0.1) is 0 Å². The molecule has 2 aromatic rings. The number of methoxy groups -OCH3 is 1. The first kappa shape index (κ1) is 13.7. The highest BCUT2D eigenvalue weighted by molar-refractivity contribution is 5.91. The minimum Gasteiger partial charge on any atom is -0.495 e. The Kier molecular flexibility index (Phi) is 4.05. The largest absolute Gasteiger partial charge is 0.495 e. The fourth-order valence-corrected chi connectivity index (χ4v) is 1.76. The molecule has 0 fully saturated rings. The van der Waals surface area contributed by atoms with E-state index in [1.165, 1.54) is 0 Å². The third kappa shape index (κ3) is 3.17. The number of ether oxygens (including phenoxy) is 1. The van der Waals surface area contributed by atoms with E-state index in [1.807, 2.05) is 12.1 Å². The van der Waals surface area contributed by atoms with Gasteiger partial charge in [0.15, 0.2) is 0 Å². The molecule has 6 heteroatoms. The number of nitrogens with zero attached hydrogens (tertiary/aromatic N) is 1. The fourth-order valence-electron chi connectivity index (χ4n) is 1.76. The topological polar surface area (TPSA) is 103 Å². The van der Waals surface area contributed by atoms with Crippen LogP contribution in [0.25, 0.3) is 0 Å². The fraction of sp³-hybridized carbons (Fsp3) is 0.143. The highest BCUT2D eigenvalue weighted by Gasteiger charge is 2.04. The average molecular weight is 272 g/mol. The molecule has 0 saturated heterocycles. The van der Waals surface area contributed by atoms with Gasteiger partial charge in [-0.3, -0.25) is 4.79 Å². The third-order valence-electron chi connectivity index (χ3n) is 2.77. The first-order valence-electron chi connectivity index (χ1n) is 6.03. The molecule has 20 heavy (non-hydrogen) atoms. The summed E-state index contributed by atoms with van der Waals surface area (Å²) >= 11 is 0. The summed E-state index contributed by atoms with van der Waals surface area (Å²) in [6, 6.07) is 10.6. The highest BCUT2D eigenvalue weighted by Crippen LogP contribution is 2.22. The zero-order chi connectivity index (χ0) is 14.5. The van der Waals surface area contributed by atoms with Crippen LogP contribution in [0.3, 0.4) is 0 Å². The van der Waals surface area contributed by atoms with E-state index in [1.54, 1.807) is 31.4 Å². The molecule has 1 amide bonds. The van der Waals surface area contributed by atoms with Gasteiger partial charge < -0.3 is 21.5 Å². The minimum absolute atomic E-state index is 0.226. The van der Waals surface area contributed by atoms with Gasteiger partial charge >= 0.3 is 0 Å². The van der Waals surface area contributed by atoms with Gasteiger partial charge in [0.2, 0.25) is 0 Å². The Morgan fingerprint density at radius 3 is 2.80 bits per heavy atom. The zero-order valence-electron chi connectivity index (χ0n) is 11.1. The molecule has 0 aliphatic heterocycles. The molecule has 0 radical (unpaired) electrons. The van der Waals surface area contributed by atoms with Crippen LogP contribution >= 0.6 is 0 Å². The van der Waals surface area contributed by atoms with Crippen LogP contribution in [-0.2, 0) is 6.54 Å². The quantitative estimate of drug-likeness (QED) is 0.713. The molecule has 0 aliphatic rings. The molecule has 6 nitrogen and oxygen atoms in total. The molecule has 104 valence electrons. The second kappa shape index (κ2) is 5.92. The summed E-state index contributed by atoms with van der Waals surface area (Å²) in [6.07, 6.45) is 0. The van der Waals surface area contributed by atoms with Crippen LogP contribution in [0.1, 0.15) is 16.1 Å². The number of aromatic nitrogens is 1. The predicted octanol–water partition coefficient (Wildman–Crippen LogP) is 1.38. The Morgan fingerprint density at radius 2 is 2.15 bits per heavy atom. The van der Waals surface area contributed by atoms with Crippen molar-refractivity contribution in [2.75, 3.05) is 18.2 Å². The van der Waals surface area contributed by atoms with Gasteiger partial charge in [0, 0.05) is 6.54 Å².